The molecule has 5 nitrogen and oxygen atoms in total. The Hall–Kier alpha value is -8.15. The van der Waals surface area contributed by atoms with Gasteiger partial charge >= 0.3 is 0 Å². The van der Waals surface area contributed by atoms with E-state index in [0.717, 1.165) is 39.2 Å². The fourth-order valence-electron chi connectivity index (χ4n) is 10.5. The number of pyridine rings is 5. The predicted molar refractivity (Wildman–Crippen MR) is 355 cm³/mol. The maximum absolute atomic E-state index is 8.30. The van der Waals surface area contributed by atoms with E-state index in [1.165, 1.54) is 79.6 Å². The van der Waals surface area contributed by atoms with Crippen LogP contribution < -0.4 is 22.8 Å². The van der Waals surface area contributed by atoms with Crippen LogP contribution in [-0.2, 0) is 41.7 Å². The van der Waals surface area contributed by atoms with Gasteiger partial charge in [-0.15, -0.1) is 0 Å². The normalized spacial score (nSPS) is 14.0. The number of nitrogens with zero attached hydrogens (tertiary/aromatic N) is 5. The number of aryl methyl sites for hydroxylation is 14. The molecular formula is C79H98N5+5. The molecule has 0 saturated heterocycles. The molecule has 434 valence electrons. The second-order valence-corrected chi connectivity index (χ2v) is 22.7. The van der Waals surface area contributed by atoms with Crippen LogP contribution in [0.15, 0.2) is 201 Å². The minimum Gasteiger partial charge on any atom is -0.201 e. The Morgan fingerprint density at radius 1 is 0.345 bits per heavy atom. The van der Waals surface area contributed by atoms with E-state index in [2.05, 4.69) is 225 Å². The molecule has 0 fully saturated rings. The van der Waals surface area contributed by atoms with E-state index in [4.69, 9.17) is 15.1 Å². The first-order valence-corrected chi connectivity index (χ1v) is 29.0. The maximum Gasteiger partial charge on any atom is 0.212 e. The minimum absolute atomic E-state index is 0.359. The topological polar surface area (TPSA) is 19.4 Å². The summed E-state index contributed by atoms with van der Waals surface area (Å²) in [6, 6.07) is 57.8. The van der Waals surface area contributed by atoms with E-state index in [1.54, 1.807) is 18.3 Å². The fraction of sp³-hybridized carbons (Fsp3) is 0.304. The van der Waals surface area contributed by atoms with Crippen molar-refractivity contribution < 1.29 is 37.9 Å². The number of benzene rings is 5. The van der Waals surface area contributed by atoms with Crippen LogP contribution in [0.2, 0.25) is 0 Å². The molecule has 5 heteroatoms. The van der Waals surface area contributed by atoms with E-state index < -0.39 is 32.3 Å². The molecule has 0 saturated carbocycles. The van der Waals surface area contributed by atoms with Gasteiger partial charge in [0.1, 0.15) is 35.2 Å². The van der Waals surface area contributed by atoms with Crippen LogP contribution in [0, 0.1) is 68.2 Å². The van der Waals surface area contributed by atoms with Crippen molar-refractivity contribution in [3.8, 4) is 56.3 Å². The summed E-state index contributed by atoms with van der Waals surface area (Å²) in [6.07, 6.45) is 9.77. The Balaban J connectivity index is 0.000000190. The van der Waals surface area contributed by atoms with Crippen molar-refractivity contribution in [2.75, 3.05) is 0 Å². The molecule has 5 aromatic heterocycles. The molecular weight excluding hydrogens is 1020 g/mol. The van der Waals surface area contributed by atoms with Crippen LogP contribution in [0.5, 0.6) is 0 Å². The predicted octanol–water partition coefficient (Wildman–Crippen LogP) is 17.1. The molecule has 10 aromatic rings. The van der Waals surface area contributed by atoms with Gasteiger partial charge in [-0.2, -0.15) is 0 Å². The summed E-state index contributed by atoms with van der Waals surface area (Å²) in [5.74, 6) is -3.59. The second-order valence-electron chi connectivity index (χ2n) is 22.7. The molecule has 0 aliphatic rings. The van der Waals surface area contributed by atoms with Gasteiger partial charge in [0.15, 0.2) is 31.0 Å². The van der Waals surface area contributed by atoms with Crippen molar-refractivity contribution in [2.45, 2.75) is 122 Å². The van der Waals surface area contributed by atoms with Crippen LogP contribution in [0.25, 0.3) is 56.3 Å². The van der Waals surface area contributed by atoms with Crippen molar-refractivity contribution >= 4 is 0 Å². The van der Waals surface area contributed by atoms with Gasteiger partial charge in [0.25, 0.3) is 0 Å². The van der Waals surface area contributed by atoms with Crippen LogP contribution in [0.3, 0.4) is 0 Å². The Labute approximate surface area is 522 Å². The lowest BCUT2D eigenvalue weighted by molar-refractivity contribution is -0.661. The first-order chi connectivity index (χ1) is 44.3. The third-order valence-corrected chi connectivity index (χ3v) is 15.3. The molecule has 0 aliphatic carbocycles. The first-order valence-electron chi connectivity index (χ1n) is 34.5. The Kier molecular flexibility index (Phi) is 18.2. The van der Waals surface area contributed by atoms with Crippen molar-refractivity contribution in [1.82, 2.24) is 0 Å². The highest BCUT2D eigenvalue weighted by molar-refractivity contribution is 5.65. The van der Waals surface area contributed by atoms with Gasteiger partial charge in [-0.1, -0.05) is 125 Å². The summed E-state index contributed by atoms with van der Waals surface area (Å²) in [6.45, 7) is 16.5. The molecule has 10 rings (SSSR count). The fourth-order valence-corrected chi connectivity index (χ4v) is 10.5. The van der Waals surface area contributed by atoms with Gasteiger partial charge in [-0.25, -0.2) is 22.8 Å². The molecule has 5 aromatic carbocycles. The largest absolute Gasteiger partial charge is 0.212 e. The SMILES string of the molecule is Cc1ccc(C)c(-c2cccc[n+]2C)c1.Cc1ccc(C)c(-c2cccc[n+]2C)c1.Cc1ccccc1-c1cc(C)c(C(C)C)c[n+]1C.[2H]C([2H])([2H])C([2H])(C)c1c[n+](C)c(-c2ccccc2C)cc1C.[2H]C([2H])([2H])C([2H])(Cc1ccc(-c2cccc[n+]2C)c(C)c1)C([2H])([2H])[2H]. The maximum atomic E-state index is 8.30. The van der Waals surface area contributed by atoms with Crippen LogP contribution >= 0.6 is 0 Å². The standard InChI is InChI=1S/3C17H22N.2C14H16N/c2*1-12(2)16-11-18(5)17(10-14(16)4)15-9-7-6-8-13(15)3;1-13(2)11-15-8-9-16(14(3)12-15)17-7-5-6-10-18(17)4;2*1-11-7-8-12(2)13(10-11)14-6-4-5-9-15(14)3/h2*6-12H,1-5H3;5-10,12-13H,11H2,1-4H3;2*4-10H,1-3H3/q5*+1/i1D3,12D;;1D3,2D3,13D;;. The summed E-state index contributed by atoms with van der Waals surface area (Å²) < 4.78 is 95.0. The molecule has 0 bridgehead atoms. The van der Waals surface area contributed by atoms with Gasteiger partial charge in [0, 0.05) is 103 Å². The molecule has 0 spiro atoms. The zero-order valence-electron chi connectivity index (χ0n) is 64.1. The molecule has 1 atom stereocenters. The molecule has 84 heavy (non-hydrogen) atoms. The van der Waals surface area contributed by atoms with Gasteiger partial charge < -0.3 is 0 Å². The van der Waals surface area contributed by atoms with E-state index >= 15 is 0 Å². The lowest BCUT2D eigenvalue weighted by Gasteiger charge is -2.11. The number of hydrogen-bond donors (Lipinski definition) is 0. The van der Waals surface area contributed by atoms with Gasteiger partial charge in [-0.3, -0.25) is 0 Å². The lowest BCUT2D eigenvalue weighted by Crippen LogP contribution is -2.32. The van der Waals surface area contributed by atoms with E-state index in [9.17, 15) is 0 Å². The van der Waals surface area contributed by atoms with Crippen molar-refractivity contribution in [2.24, 2.45) is 41.1 Å². The highest BCUT2D eigenvalue weighted by Crippen LogP contribution is 2.28. The van der Waals surface area contributed by atoms with Crippen molar-refractivity contribution in [1.29, 1.82) is 0 Å². The summed E-state index contributed by atoms with van der Waals surface area (Å²) in [5, 5.41) is 0. The Morgan fingerprint density at radius 3 is 1.14 bits per heavy atom. The molecule has 0 N–H and O–H groups in total. The number of aromatic nitrogens is 5. The average molecular weight is 1130 g/mol. The quantitative estimate of drug-likeness (QED) is 0.128. The molecule has 5 heterocycles. The second kappa shape index (κ2) is 30.4. The number of hydrogen-bond acceptors (Lipinski definition) is 0. The number of rotatable bonds is 9. The first kappa shape index (κ1) is 50.4. The van der Waals surface area contributed by atoms with Gasteiger partial charge in [0.05, 0.1) is 0 Å². The molecule has 0 aliphatic heterocycles. The Bertz CT molecular complexity index is 4170. The molecule has 1 unspecified atom stereocenters. The molecule has 0 amide bonds. The Morgan fingerprint density at radius 2 is 0.738 bits per heavy atom. The van der Waals surface area contributed by atoms with Gasteiger partial charge in [0.2, 0.25) is 28.5 Å². The average Bonchev–Trinajstić information content (AvgIpc) is 0.772. The van der Waals surface area contributed by atoms with Crippen LogP contribution in [0.4, 0.5) is 0 Å². The summed E-state index contributed by atoms with van der Waals surface area (Å²) >= 11 is 0. The van der Waals surface area contributed by atoms with Crippen LogP contribution in [0.1, 0.15) is 135 Å². The highest BCUT2D eigenvalue weighted by Gasteiger charge is 2.19. The summed E-state index contributed by atoms with van der Waals surface area (Å²) in [7, 11) is 10.1. The zero-order chi connectivity index (χ0) is 70.7. The lowest BCUT2D eigenvalue weighted by atomic mass is 9.97. The van der Waals surface area contributed by atoms with Crippen LogP contribution in [-0.4, -0.2) is 0 Å². The van der Waals surface area contributed by atoms with E-state index in [-0.39, 0.29) is 6.42 Å². The smallest absolute Gasteiger partial charge is 0.201 e. The monoisotopic (exact) mass is 1130 g/mol. The third-order valence-electron chi connectivity index (χ3n) is 15.3. The van der Waals surface area contributed by atoms with E-state index in [0.29, 0.717) is 17.0 Å². The summed E-state index contributed by atoms with van der Waals surface area (Å²) in [4.78, 5) is 0. The molecule has 0 radical (unpaired) electrons. The highest BCUT2D eigenvalue weighted by atomic mass is 14.9. The van der Waals surface area contributed by atoms with Crippen molar-refractivity contribution in [3.63, 3.8) is 0 Å². The summed E-state index contributed by atoms with van der Waals surface area (Å²) in [5.41, 5.74) is 25.2. The van der Waals surface area contributed by atoms with Gasteiger partial charge in [-0.05, 0) is 179 Å². The minimum atomic E-state index is -2.91. The van der Waals surface area contributed by atoms with E-state index in [1.807, 2.05) is 91.8 Å². The zero-order valence-corrected chi connectivity index (χ0v) is 53.1. The van der Waals surface area contributed by atoms with Crippen molar-refractivity contribution in [3.05, 3.63) is 268 Å². The third kappa shape index (κ3) is 17.5.